The van der Waals surface area contributed by atoms with Crippen LogP contribution in [0, 0.1) is 17.2 Å². The topological polar surface area (TPSA) is 86.5 Å². The maximum Gasteiger partial charge on any atom is 0.307 e. The van der Waals surface area contributed by atoms with Gasteiger partial charge in [-0.05, 0) is 37.8 Å². The van der Waals surface area contributed by atoms with E-state index in [-0.39, 0.29) is 24.2 Å². The molecular weight excluding hydrogens is 344 g/mol. The number of pyridine rings is 1. The average Bonchev–Trinajstić information content (AvgIpc) is 3.03. The van der Waals surface area contributed by atoms with E-state index in [2.05, 4.69) is 16.0 Å². The molecule has 1 aliphatic carbocycles. The summed E-state index contributed by atoms with van der Waals surface area (Å²) in [4.78, 5) is 33.4. The first-order valence-corrected chi connectivity index (χ1v) is 9.74. The number of nitriles is 1. The van der Waals surface area contributed by atoms with Gasteiger partial charge in [0, 0.05) is 32.4 Å². The van der Waals surface area contributed by atoms with E-state index in [1.165, 1.54) is 0 Å². The van der Waals surface area contributed by atoms with Crippen molar-refractivity contribution in [3.8, 4) is 6.07 Å². The van der Waals surface area contributed by atoms with Crippen LogP contribution in [-0.2, 0) is 14.3 Å². The van der Waals surface area contributed by atoms with Crippen molar-refractivity contribution in [3.05, 3.63) is 23.9 Å². The Balaban J connectivity index is 1.44. The molecule has 2 aliphatic heterocycles. The standard InChI is InChI=1S/C20H24N4O3/c21-14-15-5-4-8-22-18(15)23-9-11-24(12-10-23)19(26)16-13-17(25)27-20(16)6-2-1-3-7-20/h4-5,8,16H,1-3,6-7,9-13H2. The minimum absolute atomic E-state index is 0.0453. The van der Waals surface area contributed by atoms with Gasteiger partial charge in [0.15, 0.2) is 0 Å². The van der Waals surface area contributed by atoms with Gasteiger partial charge >= 0.3 is 5.97 Å². The predicted molar refractivity (Wildman–Crippen MR) is 97.8 cm³/mol. The summed E-state index contributed by atoms with van der Waals surface area (Å²) >= 11 is 0. The summed E-state index contributed by atoms with van der Waals surface area (Å²) in [6.45, 7) is 2.40. The van der Waals surface area contributed by atoms with Crippen molar-refractivity contribution in [2.45, 2.75) is 44.1 Å². The summed E-state index contributed by atoms with van der Waals surface area (Å²) in [5, 5.41) is 9.27. The van der Waals surface area contributed by atoms with Crippen LogP contribution in [0.3, 0.4) is 0 Å². The van der Waals surface area contributed by atoms with Gasteiger partial charge < -0.3 is 14.5 Å². The van der Waals surface area contributed by atoms with E-state index in [9.17, 15) is 14.9 Å². The molecule has 1 atom stereocenters. The summed E-state index contributed by atoms with van der Waals surface area (Å²) in [6.07, 6.45) is 6.66. The molecule has 1 aromatic heterocycles. The van der Waals surface area contributed by atoms with Gasteiger partial charge in [-0.1, -0.05) is 6.42 Å². The normalized spacial score (nSPS) is 24.6. The largest absolute Gasteiger partial charge is 0.458 e. The van der Waals surface area contributed by atoms with Crippen LogP contribution in [0.1, 0.15) is 44.1 Å². The Hall–Kier alpha value is -2.62. The lowest BCUT2D eigenvalue weighted by Crippen LogP contribution is -2.54. The van der Waals surface area contributed by atoms with E-state index in [1.54, 1.807) is 18.3 Å². The molecule has 0 aromatic carbocycles. The second-order valence-electron chi connectivity index (χ2n) is 7.65. The fraction of sp³-hybridized carbons (Fsp3) is 0.600. The maximum atomic E-state index is 13.2. The molecule has 7 heteroatoms. The van der Waals surface area contributed by atoms with Crippen LogP contribution < -0.4 is 4.90 Å². The Morgan fingerprint density at radius 1 is 1.22 bits per heavy atom. The lowest BCUT2D eigenvalue weighted by molar-refractivity contribution is -0.155. The fourth-order valence-electron chi connectivity index (χ4n) is 4.70. The molecule has 3 aliphatic rings. The van der Waals surface area contributed by atoms with E-state index in [0.717, 1.165) is 32.1 Å². The van der Waals surface area contributed by atoms with Crippen molar-refractivity contribution in [1.29, 1.82) is 5.26 Å². The molecule has 0 radical (unpaired) electrons. The molecule has 2 saturated heterocycles. The molecule has 27 heavy (non-hydrogen) atoms. The number of hydrogen-bond donors (Lipinski definition) is 0. The highest BCUT2D eigenvalue weighted by atomic mass is 16.6. The molecule has 4 rings (SSSR count). The molecule has 0 bridgehead atoms. The molecule has 7 nitrogen and oxygen atoms in total. The number of aromatic nitrogens is 1. The molecule has 3 fully saturated rings. The lowest BCUT2D eigenvalue weighted by Gasteiger charge is -2.41. The number of anilines is 1. The molecule has 0 N–H and O–H groups in total. The van der Waals surface area contributed by atoms with Crippen LogP contribution in [-0.4, -0.2) is 53.5 Å². The number of carbonyl (C=O) groups is 2. The lowest BCUT2D eigenvalue weighted by atomic mass is 9.75. The molecule has 1 spiro atoms. The molecule has 1 amide bonds. The summed E-state index contributed by atoms with van der Waals surface area (Å²) < 4.78 is 5.69. The molecule has 1 unspecified atom stereocenters. The zero-order valence-corrected chi connectivity index (χ0v) is 15.4. The van der Waals surface area contributed by atoms with E-state index in [0.29, 0.717) is 37.6 Å². The number of piperazine rings is 1. The Kier molecular flexibility index (Phi) is 4.73. The van der Waals surface area contributed by atoms with Gasteiger partial charge in [-0.25, -0.2) is 4.98 Å². The number of esters is 1. The zero-order chi connectivity index (χ0) is 18.9. The van der Waals surface area contributed by atoms with Crippen molar-refractivity contribution in [3.63, 3.8) is 0 Å². The van der Waals surface area contributed by atoms with Crippen LogP contribution in [0.25, 0.3) is 0 Å². The van der Waals surface area contributed by atoms with Crippen molar-refractivity contribution >= 4 is 17.7 Å². The quantitative estimate of drug-likeness (QED) is 0.741. The van der Waals surface area contributed by atoms with Gasteiger partial charge in [-0.2, -0.15) is 5.26 Å². The Morgan fingerprint density at radius 2 is 1.96 bits per heavy atom. The first-order valence-electron chi connectivity index (χ1n) is 9.74. The molecule has 1 aromatic rings. The third-order valence-corrected chi connectivity index (χ3v) is 6.12. The first-order chi connectivity index (χ1) is 13.1. The average molecular weight is 368 g/mol. The summed E-state index contributed by atoms with van der Waals surface area (Å²) in [5.41, 5.74) is -0.0216. The zero-order valence-electron chi connectivity index (χ0n) is 15.4. The third-order valence-electron chi connectivity index (χ3n) is 6.12. The number of ether oxygens (including phenoxy) is 1. The van der Waals surface area contributed by atoms with Gasteiger partial charge in [0.25, 0.3) is 0 Å². The van der Waals surface area contributed by atoms with Crippen molar-refractivity contribution in [2.24, 2.45) is 5.92 Å². The van der Waals surface area contributed by atoms with Gasteiger partial charge in [0.05, 0.1) is 17.9 Å². The second-order valence-corrected chi connectivity index (χ2v) is 7.65. The van der Waals surface area contributed by atoms with E-state index >= 15 is 0 Å². The fourth-order valence-corrected chi connectivity index (χ4v) is 4.70. The molecular formula is C20H24N4O3. The molecule has 142 valence electrons. The maximum absolute atomic E-state index is 13.2. The number of nitrogens with zero attached hydrogens (tertiary/aromatic N) is 4. The van der Waals surface area contributed by atoms with E-state index < -0.39 is 5.60 Å². The van der Waals surface area contributed by atoms with Crippen LogP contribution >= 0.6 is 0 Å². The van der Waals surface area contributed by atoms with Crippen LogP contribution in [0.15, 0.2) is 18.3 Å². The minimum atomic E-state index is -0.571. The monoisotopic (exact) mass is 368 g/mol. The first kappa shape index (κ1) is 17.8. The van der Waals surface area contributed by atoms with Crippen LogP contribution in [0.2, 0.25) is 0 Å². The number of rotatable bonds is 2. The smallest absolute Gasteiger partial charge is 0.307 e. The minimum Gasteiger partial charge on any atom is -0.458 e. The van der Waals surface area contributed by atoms with E-state index in [1.807, 2.05) is 4.90 Å². The Morgan fingerprint density at radius 3 is 2.67 bits per heavy atom. The highest BCUT2D eigenvalue weighted by Crippen LogP contribution is 2.45. The summed E-state index contributed by atoms with van der Waals surface area (Å²) in [5.74, 6) is 0.140. The number of amides is 1. The van der Waals surface area contributed by atoms with Crippen molar-refractivity contribution in [2.75, 3.05) is 31.1 Å². The SMILES string of the molecule is N#Cc1cccnc1N1CCN(C(=O)C2CC(=O)OC23CCCCC3)CC1. The highest BCUT2D eigenvalue weighted by molar-refractivity contribution is 5.88. The predicted octanol–water partition coefficient (Wildman–Crippen LogP) is 1.87. The Bertz CT molecular complexity index is 774. The second kappa shape index (κ2) is 7.18. The van der Waals surface area contributed by atoms with Crippen LogP contribution in [0.5, 0.6) is 0 Å². The number of carbonyl (C=O) groups excluding carboxylic acids is 2. The van der Waals surface area contributed by atoms with Gasteiger partial charge in [0.1, 0.15) is 17.5 Å². The third kappa shape index (κ3) is 3.25. The molecule has 1 saturated carbocycles. The van der Waals surface area contributed by atoms with Crippen molar-refractivity contribution < 1.29 is 14.3 Å². The van der Waals surface area contributed by atoms with Gasteiger partial charge in [0.2, 0.25) is 5.91 Å². The highest BCUT2D eigenvalue weighted by Gasteiger charge is 2.53. The Labute approximate surface area is 158 Å². The molecule has 3 heterocycles. The summed E-state index contributed by atoms with van der Waals surface area (Å²) in [6, 6.07) is 5.69. The van der Waals surface area contributed by atoms with Crippen molar-refractivity contribution in [1.82, 2.24) is 9.88 Å². The van der Waals surface area contributed by atoms with E-state index in [4.69, 9.17) is 4.74 Å². The number of hydrogen-bond acceptors (Lipinski definition) is 6. The summed E-state index contributed by atoms with van der Waals surface area (Å²) in [7, 11) is 0. The van der Waals surface area contributed by atoms with Crippen LogP contribution in [0.4, 0.5) is 5.82 Å². The van der Waals surface area contributed by atoms with Gasteiger partial charge in [-0.3, -0.25) is 9.59 Å². The van der Waals surface area contributed by atoms with Gasteiger partial charge in [-0.15, -0.1) is 0 Å².